The number of halogens is 2. The summed E-state index contributed by atoms with van der Waals surface area (Å²) in [7, 11) is 0. The highest BCUT2D eigenvalue weighted by atomic mass is 19.1. The van der Waals surface area contributed by atoms with Gasteiger partial charge in [0.15, 0.2) is 5.78 Å². The molecule has 1 atom stereocenters. The van der Waals surface area contributed by atoms with E-state index in [1.807, 2.05) is 0 Å². The first-order chi connectivity index (χ1) is 14.9. The molecule has 31 heavy (non-hydrogen) atoms. The molecule has 1 unspecified atom stereocenters. The van der Waals surface area contributed by atoms with E-state index in [9.17, 15) is 14.0 Å². The summed E-state index contributed by atoms with van der Waals surface area (Å²) in [5, 5.41) is 8.93. The Balaban J connectivity index is 1.67. The number of rotatable bonds is 6. The molecule has 160 valence electrons. The predicted molar refractivity (Wildman–Crippen MR) is 110 cm³/mol. The molecule has 4 rings (SSSR count). The molecule has 5 nitrogen and oxygen atoms in total. The highest BCUT2D eigenvalue weighted by Gasteiger charge is 2.41. The van der Waals surface area contributed by atoms with Crippen molar-refractivity contribution in [3.8, 4) is 0 Å². The minimum absolute atomic E-state index is 0.119. The molecule has 7 heteroatoms. The molecular formula is C24H21F2NO4. The zero-order valence-corrected chi connectivity index (χ0v) is 16.7. The third kappa shape index (κ3) is 4.06. The third-order valence-corrected chi connectivity index (χ3v) is 5.62. The van der Waals surface area contributed by atoms with Gasteiger partial charge in [-0.25, -0.2) is 8.78 Å². The number of benzene rings is 2. The molecule has 0 saturated carbocycles. The van der Waals surface area contributed by atoms with Crippen molar-refractivity contribution in [2.24, 2.45) is 0 Å². The van der Waals surface area contributed by atoms with E-state index in [2.05, 4.69) is 0 Å². The van der Waals surface area contributed by atoms with Crippen LogP contribution in [-0.2, 0) is 16.9 Å². The molecule has 2 heterocycles. The lowest BCUT2D eigenvalue weighted by atomic mass is 9.84. The molecule has 0 amide bonds. The topological polar surface area (TPSA) is 68.5 Å². The fourth-order valence-corrected chi connectivity index (χ4v) is 4.02. The molecule has 1 N–H and O–H groups in total. The summed E-state index contributed by atoms with van der Waals surface area (Å²) in [5.74, 6) is -1.39. The molecule has 1 aliphatic rings. The average molecular weight is 425 g/mol. The minimum Gasteiger partial charge on any atom is -0.388 e. The lowest BCUT2D eigenvalue weighted by Crippen LogP contribution is -2.32. The average Bonchev–Trinajstić information content (AvgIpc) is 3.27. The maximum absolute atomic E-state index is 15.2. The van der Waals surface area contributed by atoms with Crippen LogP contribution in [0, 0.1) is 11.6 Å². The van der Waals surface area contributed by atoms with Crippen molar-refractivity contribution in [1.29, 1.82) is 0 Å². The van der Waals surface area contributed by atoms with Crippen LogP contribution in [0.2, 0.25) is 0 Å². The summed E-state index contributed by atoms with van der Waals surface area (Å²) < 4.78 is 35.8. The van der Waals surface area contributed by atoms with Crippen LogP contribution in [0.25, 0.3) is 0 Å². The van der Waals surface area contributed by atoms with Gasteiger partial charge in [-0.1, -0.05) is 36.4 Å². The van der Waals surface area contributed by atoms with Gasteiger partial charge in [0.25, 0.3) is 5.56 Å². The number of carbonyl (C=O) groups excluding carboxylic acids is 1. The number of nitrogens with zero attached hydrogens (tertiary/aromatic N) is 1. The van der Waals surface area contributed by atoms with Gasteiger partial charge >= 0.3 is 0 Å². The van der Waals surface area contributed by atoms with E-state index in [1.54, 1.807) is 36.4 Å². The molecule has 2 aromatic carbocycles. The summed E-state index contributed by atoms with van der Waals surface area (Å²) in [4.78, 5) is 24.3. The molecule has 0 spiro atoms. The highest BCUT2D eigenvalue weighted by molar-refractivity contribution is 5.96. The Morgan fingerprint density at radius 1 is 1.10 bits per heavy atom. The first kappa shape index (κ1) is 21.1. The Bertz CT molecular complexity index is 1150. The number of aromatic nitrogens is 1. The summed E-state index contributed by atoms with van der Waals surface area (Å²) in [6.07, 6.45) is 2.33. The molecular weight excluding hydrogens is 404 g/mol. The number of pyridine rings is 1. The van der Waals surface area contributed by atoms with E-state index in [0.717, 1.165) is 6.20 Å². The number of Topliss-reactive ketones (excluding diaryl/α,β-unsaturated/α-hetero) is 1. The van der Waals surface area contributed by atoms with Crippen molar-refractivity contribution in [2.75, 3.05) is 13.2 Å². The molecule has 0 bridgehead atoms. The van der Waals surface area contributed by atoms with Crippen LogP contribution < -0.4 is 5.56 Å². The summed E-state index contributed by atoms with van der Waals surface area (Å²) >= 11 is 0. The summed E-state index contributed by atoms with van der Waals surface area (Å²) in [6, 6.07) is 13.4. The fraction of sp³-hybridized carbons (Fsp3) is 0.250. The largest absolute Gasteiger partial charge is 0.388 e. The van der Waals surface area contributed by atoms with Crippen LogP contribution >= 0.6 is 0 Å². The van der Waals surface area contributed by atoms with Crippen LogP contribution in [0.3, 0.4) is 0 Å². The van der Waals surface area contributed by atoms with Crippen LogP contribution in [0.5, 0.6) is 0 Å². The highest BCUT2D eigenvalue weighted by Crippen LogP contribution is 2.42. The van der Waals surface area contributed by atoms with Gasteiger partial charge in [0.1, 0.15) is 23.8 Å². The summed E-state index contributed by atoms with van der Waals surface area (Å²) in [5.41, 5.74) is 0.286. The maximum Gasteiger partial charge on any atom is 0.251 e. The lowest BCUT2D eigenvalue weighted by molar-refractivity contribution is 0.0327. The Morgan fingerprint density at radius 2 is 1.81 bits per heavy atom. The predicted octanol–water partition coefficient (Wildman–Crippen LogP) is 3.40. The second-order valence-electron chi connectivity index (χ2n) is 7.57. The SMILES string of the molecule is O=C(CO)c1ccc(Cn2cc(F)c(C3(c4ccc(F)cc4)CCCO3)cc2=O)cc1. The zero-order valence-electron chi connectivity index (χ0n) is 16.7. The van der Waals surface area contributed by atoms with E-state index in [4.69, 9.17) is 9.84 Å². The standard InChI is InChI=1S/C24H21F2NO4/c25-19-8-6-18(7-9-19)24(10-1-11-31-24)20-12-23(30)27(14-21(20)26)13-16-2-4-17(5-3-16)22(29)15-28/h2-9,12,14,28H,1,10-11,13,15H2. The number of hydrogen-bond donors (Lipinski definition) is 1. The number of aliphatic hydroxyl groups is 1. The van der Waals surface area contributed by atoms with Crippen molar-refractivity contribution >= 4 is 5.78 Å². The minimum atomic E-state index is -1.12. The number of ether oxygens (including phenoxy) is 1. The van der Waals surface area contributed by atoms with E-state index >= 15 is 4.39 Å². The van der Waals surface area contributed by atoms with Gasteiger partial charge in [-0.15, -0.1) is 0 Å². The normalized spacial score (nSPS) is 18.3. The second-order valence-corrected chi connectivity index (χ2v) is 7.57. The van der Waals surface area contributed by atoms with Gasteiger partial charge in [-0.2, -0.15) is 0 Å². The Morgan fingerprint density at radius 3 is 2.42 bits per heavy atom. The third-order valence-electron chi connectivity index (χ3n) is 5.62. The van der Waals surface area contributed by atoms with Crippen molar-refractivity contribution in [1.82, 2.24) is 4.57 Å². The van der Waals surface area contributed by atoms with Crippen LogP contribution in [-0.4, -0.2) is 28.7 Å². The lowest BCUT2D eigenvalue weighted by Gasteiger charge is -2.30. The van der Waals surface area contributed by atoms with Gasteiger partial charge in [0, 0.05) is 30.0 Å². The number of ketones is 1. The number of hydrogen-bond acceptors (Lipinski definition) is 4. The quantitative estimate of drug-likeness (QED) is 0.615. The molecule has 1 aliphatic heterocycles. The van der Waals surface area contributed by atoms with Gasteiger partial charge in [-0.05, 0) is 36.1 Å². The first-order valence-electron chi connectivity index (χ1n) is 9.96. The monoisotopic (exact) mass is 425 g/mol. The fourth-order valence-electron chi connectivity index (χ4n) is 4.02. The maximum atomic E-state index is 15.2. The summed E-state index contributed by atoms with van der Waals surface area (Å²) in [6.45, 7) is -0.0454. The molecule has 0 radical (unpaired) electrons. The Hall–Kier alpha value is -3.16. The Kier molecular flexibility index (Phi) is 5.80. The second kappa shape index (κ2) is 8.53. The van der Waals surface area contributed by atoms with Gasteiger partial charge in [0.05, 0.1) is 6.54 Å². The Labute approximate surface area is 177 Å². The van der Waals surface area contributed by atoms with Crippen molar-refractivity contribution in [3.63, 3.8) is 0 Å². The smallest absolute Gasteiger partial charge is 0.251 e. The van der Waals surface area contributed by atoms with Crippen molar-refractivity contribution in [2.45, 2.75) is 25.0 Å². The molecule has 1 aromatic heterocycles. The van der Waals surface area contributed by atoms with E-state index < -0.39 is 35.2 Å². The first-order valence-corrected chi connectivity index (χ1v) is 9.96. The molecule has 1 fully saturated rings. The molecule has 3 aromatic rings. The van der Waals surface area contributed by atoms with Crippen molar-refractivity contribution < 1.29 is 23.4 Å². The van der Waals surface area contributed by atoms with Crippen LogP contribution in [0.15, 0.2) is 65.6 Å². The van der Waals surface area contributed by atoms with Crippen molar-refractivity contribution in [3.05, 3.63) is 105 Å². The zero-order chi connectivity index (χ0) is 22.0. The van der Waals surface area contributed by atoms with E-state index in [1.165, 1.54) is 22.8 Å². The molecule has 1 saturated heterocycles. The van der Waals surface area contributed by atoms with Crippen LogP contribution in [0.1, 0.15) is 39.9 Å². The van der Waals surface area contributed by atoms with Crippen LogP contribution in [0.4, 0.5) is 8.78 Å². The van der Waals surface area contributed by atoms with E-state index in [0.29, 0.717) is 36.1 Å². The molecule has 0 aliphatic carbocycles. The van der Waals surface area contributed by atoms with Gasteiger partial charge in [-0.3, -0.25) is 9.59 Å². The number of carbonyl (C=O) groups is 1. The van der Waals surface area contributed by atoms with E-state index in [-0.39, 0.29) is 12.1 Å². The number of aliphatic hydroxyl groups excluding tert-OH is 1. The van der Waals surface area contributed by atoms with Gasteiger partial charge < -0.3 is 14.4 Å². The van der Waals surface area contributed by atoms with Gasteiger partial charge in [0.2, 0.25) is 0 Å².